The highest BCUT2D eigenvalue weighted by atomic mass is 19.2. The van der Waals surface area contributed by atoms with Crippen LogP contribution in [0, 0.1) is 24.5 Å². The molecule has 92 valence electrons. The number of rotatable bonds is 2. The smallest absolute Gasteiger partial charge is 0.166 e. The molecule has 0 aliphatic heterocycles. The minimum Gasteiger partial charge on any atom is -0.203 e. The molecule has 17 heavy (non-hydrogen) atoms. The summed E-state index contributed by atoms with van der Waals surface area (Å²) in [7, 11) is 0. The Morgan fingerprint density at radius 2 is 1.76 bits per heavy atom. The van der Waals surface area contributed by atoms with Gasteiger partial charge in [0.2, 0.25) is 0 Å². The second-order valence-electron chi connectivity index (χ2n) is 4.86. The quantitative estimate of drug-likeness (QED) is 0.687. The lowest BCUT2D eigenvalue weighted by Gasteiger charge is -2.17. The minimum atomic E-state index is -0.726. The van der Waals surface area contributed by atoms with E-state index in [2.05, 4.69) is 0 Å². The Balaban J connectivity index is 2.12. The van der Waals surface area contributed by atoms with Gasteiger partial charge in [-0.05, 0) is 31.2 Å². The van der Waals surface area contributed by atoms with E-state index in [1.807, 2.05) is 6.08 Å². The molecule has 0 atom stereocenters. The van der Waals surface area contributed by atoms with Gasteiger partial charge in [0.15, 0.2) is 11.6 Å². The van der Waals surface area contributed by atoms with Crippen molar-refractivity contribution in [3.05, 3.63) is 41.0 Å². The van der Waals surface area contributed by atoms with E-state index >= 15 is 0 Å². The van der Waals surface area contributed by atoms with Crippen LogP contribution in [0.25, 0.3) is 6.08 Å². The summed E-state index contributed by atoms with van der Waals surface area (Å²) in [5, 5.41) is 0. The molecule has 1 aliphatic rings. The number of hydrogen-bond acceptors (Lipinski definition) is 0. The number of halogens is 2. The molecule has 2 rings (SSSR count). The summed E-state index contributed by atoms with van der Waals surface area (Å²) in [5.74, 6) is -0.916. The van der Waals surface area contributed by atoms with Crippen LogP contribution in [0.1, 0.15) is 43.2 Å². The fourth-order valence-corrected chi connectivity index (χ4v) is 2.36. The van der Waals surface area contributed by atoms with Gasteiger partial charge in [0.1, 0.15) is 0 Å². The third kappa shape index (κ3) is 2.93. The third-order valence-electron chi connectivity index (χ3n) is 3.50. The van der Waals surface area contributed by atoms with Crippen LogP contribution in [0.15, 0.2) is 18.2 Å². The summed E-state index contributed by atoms with van der Waals surface area (Å²) in [4.78, 5) is 0. The van der Waals surface area contributed by atoms with Gasteiger partial charge in [0, 0.05) is 5.56 Å². The van der Waals surface area contributed by atoms with Gasteiger partial charge in [-0.2, -0.15) is 0 Å². The Bertz CT molecular complexity index is 415. The van der Waals surface area contributed by atoms with E-state index < -0.39 is 11.6 Å². The van der Waals surface area contributed by atoms with E-state index in [-0.39, 0.29) is 0 Å². The molecule has 0 bridgehead atoms. The fraction of sp³-hybridized carbons (Fsp3) is 0.467. The van der Waals surface area contributed by atoms with Crippen molar-refractivity contribution in [3.8, 4) is 0 Å². The van der Waals surface area contributed by atoms with Crippen LogP contribution in [-0.2, 0) is 0 Å². The highest BCUT2D eigenvalue weighted by molar-refractivity contribution is 5.51. The predicted molar refractivity (Wildman–Crippen MR) is 66.7 cm³/mol. The highest BCUT2D eigenvalue weighted by Gasteiger charge is 2.12. The standard InChI is InChI=1S/C15H18F2/c1-11-7-9-13(15(17)14(11)16)10-8-12-5-3-2-4-6-12/h7-10,12H,2-6H2,1H3/b10-8+. The van der Waals surface area contributed by atoms with E-state index in [4.69, 9.17) is 0 Å². The van der Waals surface area contributed by atoms with Crippen molar-refractivity contribution >= 4 is 6.08 Å². The van der Waals surface area contributed by atoms with Gasteiger partial charge < -0.3 is 0 Å². The third-order valence-corrected chi connectivity index (χ3v) is 3.50. The lowest BCUT2D eigenvalue weighted by Crippen LogP contribution is -2.02. The zero-order valence-corrected chi connectivity index (χ0v) is 10.2. The van der Waals surface area contributed by atoms with Gasteiger partial charge in [-0.15, -0.1) is 0 Å². The first-order valence-electron chi connectivity index (χ1n) is 6.31. The lowest BCUT2D eigenvalue weighted by atomic mass is 9.88. The van der Waals surface area contributed by atoms with Crippen LogP contribution in [0.4, 0.5) is 8.78 Å². The summed E-state index contributed by atoms with van der Waals surface area (Å²) in [5.41, 5.74) is 0.719. The lowest BCUT2D eigenvalue weighted by molar-refractivity contribution is 0.420. The average molecular weight is 236 g/mol. The first-order chi connectivity index (χ1) is 8.18. The summed E-state index contributed by atoms with van der Waals surface area (Å²) in [6, 6.07) is 3.27. The fourth-order valence-electron chi connectivity index (χ4n) is 2.36. The Morgan fingerprint density at radius 3 is 2.47 bits per heavy atom. The van der Waals surface area contributed by atoms with Gasteiger partial charge >= 0.3 is 0 Å². The van der Waals surface area contributed by atoms with E-state index in [9.17, 15) is 8.78 Å². The van der Waals surface area contributed by atoms with Gasteiger partial charge in [-0.3, -0.25) is 0 Å². The molecule has 0 nitrogen and oxygen atoms in total. The minimum absolute atomic E-state index is 0.359. The molecule has 0 amide bonds. The summed E-state index contributed by atoms with van der Waals surface area (Å²) in [6.07, 6.45) is 9.91. The van der Waals surface area contributed by atoms with Crippen molar-refractivity contribution in [2.75, 3.05) is 0 Å². The maximum Gasteiger partial charge on any atom is 0.166 e. The first kappa shape index (κ1) is 12.3. The molecule has 0 radical (unpaired) electrons. The predicted octanol–water partition coefficient (Wildman–Crippen LogP) is 4.87. The summed E-state index contributed by atoms with van der Waals surface area (Å²) < 4.78 is 26.9. The summed E-state index contributed by atoms with van der Waals surface area (Å²) >= 11 is 0. The Hall–Kier alpha value is -1.18. The molecule has 1 saturated carbocycles. The number of aryl methyl sites for hydroxylation is 1. The van der Waals surface area contributed by atoms with Crippen LogP contribution in [0.2, 0.25) is 0 Å². The molecule has 1 fully saturated rings. The van der Waals surface area contributed by atoms with Crippen molar-refractivity contribution < 1.29 is 8.78 Å². The molecule has 0 unspecified atom stereocenters. The molecule has 1 aromatic carbocycles. The Morgan fingerprint density at radius 1 is 1.06 bits per heavy atom. The molecule has 1 aliphatic carbocycles. The van der Waals surface area contributed by atoms with Crippen molar-refractivity contribution in [2.45, 2.75) is 39.0 Å². The SMILES string of the molecule is Cc1ccc(/C=C/C2CCCCC2)c(F)c1F. The molecular weight excluding hydrogens is 218 g/mol. The molecule has 0 spiro atoms. The highest BCUT2D eigenvalue weighted by Crippen LogP contribution is 2.26. The zero-order valence-electron chi connectivity index (χ0n) is 10.2. The van der Waals surface area contributed by atoms with Crippen molar-refractivity contribution in [1.82, 2.24) is 0 Å². The topological polar surface area (TPSA) is 0 Å². The van der Waals surface area contributed by atoms with Gasteiger partial charge in [0.25, 0.3) is 0 Å². The monoisotopic (exact) mass is 236 g/mol. The van der Waals surface area contributed by atoms with Crippen LogP contribution in [0.5, 0.6) is 0 Å². The molecule has 0 heterocycles. The van der Waals surface area contributed by atoms with Crippen molar-refractivity contribution in [1.29, 1.82) is 0 Å². The number of benzene rings is 1. The number of hydrogen-bond donors (Lipinski definition) is 0. The number of allylic oxidation sites excluding steroid dienone is 1. The van der Waals surface area contributed by atoms with Crippen LogP contribution in [0.3, 0.4) is 0 Å². The molecule has 2 heteroatoms. The normalized spacial score (nSPS) is 17.8. The zero-order chi connectivity index (χ0) is 12.3. The largest absolute Gasteiger partial charge is 0.203 e. The van der Waals surface area contributed by atoms with Gasteiger partial charge in [-0.25, -0.2) is 8.78 Å². The second kappa shape index (κ2) is 5.44. The summed E-state index contributed by atoms with van der Waals surface area (Å²) in [6.45, 7) is 1.58. The molecular formula is C15H18F2. The molecule has 0 saturated heterocycles. The average Bonchev–Trinajstić information content (AvgIpc) is 2.36. The molecule has 0 aromatic heterocycles. The van der Waals surface area contributed by atoms with Gasteiger partial charge in [0.05, 0.1) is 0 Å². The van der Waals surface area contributed by atoms with Crippen molar-refractivity contribution in [2.24, 2.45) is 5.92 Å². The first-order valence-corrected chi connectivity index (χ1v) is 6.31. The molecule has 0 N–H and O–H groups in total. The van der Waals surface area contributed by atoms with E-state index in [0.717, 1.165) is 0 Å². The van der Waals surface area contributed by atoms with Crippen LogP contribution >= 0.6 is 0 Å². The maximum absolute atomic E-state index is 13.6. The second-order valence-corrected chi connectivity index (χ2v) is 4.86. The van der Waals surface area contributed by atoms with Crippen LogP contribution < -0.4 is 0 Å². The van der Waals surface area contributed by atoms with Crippen LogP contribution in [-0.4, -0.2) is 0 Å². The maximum atomic E-state index is 13.6. The Labute approximate surface area is 101 Å². The van der Waals surface area contributed by atoms with E-state index in [1.165, 1.54) is 32.1 Å². The van der Waals surface area contributed by atoms with E-state index in [0.29, 0.717) is 17.0 Å². The Kier molecular flexibility index (Phi) is 3.93. The molecule has 1 aromatic rings. The van der Waals surface area contributed by atoms with Gasteiger partial charge in [-0.1, -0.05) is 43.5 Å². The van der Waals surface area contributed by atoms with Crippen molar-refractivity contribution in [3.63, 3.8) is 0 Å². The van der Waals surface area contributed by atoms with E-state index in [1.54, 1.807) is 25.1 Å².